The van der Waals surface area contributed by atoms with Gasteiger partial charge in [0.2, 0.25) is 0 Å². The van der Waals surface area contributed by atoms with Gasteiger partial charge in [0.1, 0.15) is 5.60 Å². The summed E-state index contributed by atoms with van der Waals surface area (Å²) in [6.07, 6.45) is 2.07. The molecule has 0 aliphatic heterocycles. The molecule has 0 saturated carbocycles. The number of nitriles is 2. The lowest BCUT2D eigenvalue weighted by molar-refractivity contribution is -0.307. The van der Waals surface area contributed by atoms with Crippen LogP contribution in [0.15, 0.2) is 40.6 Å². The molecule has 7 nitrogen and oxygen atoms in total. The second-order valence-corrected chi connectivity index (χ2v) is 10.1. The van der Waals surface area contributed by atoms with Crippen molar-refractivity contribution in [2.75, 3.05) is 0 Å². The van der Waals surface area contributed by atoms with Crippen LogP contribution in [0, 0.1) is 34.5 Å². The minimum absolute atomic E-state index is 0.368. The van der Waals surface area contributed by atoms with Gasteiger partial charge in [0, 0.05) is 0 Å². The van der Waals surface area contributed by atoms with Gasteiger partial charge in [-0.25, -0.2) is 4.79 Å². The average Bonchev–Trinajstić information content (AvgIpc) is 2.76. The Morgan fingerprint density at radius 1 is 0.909 bits per heavy atom. The molecule has 0 radical (unpaired) electrons. The predicted molar refractivity (Wildman–Crippen MR) is 129 cm³/mol. The number of hydrogen-bond acceptors (Lipinski definition) is 7. The Labute approximate surface area is 199 Å². The summed E-state index contributed by atoms with van der Waals surface area (Å²) >= 11 is 0. The van der Waals surface area contributed by atoms with E-state index in [4.69, 9.17) is 9.78 Å². The average molecular weight is 457 g/mol. The minimum atomic E-state index is -0.830. The number of carbonyl (C=O) groups is 1. The smallest absolute Gasteiger partial charge is 0.292 e. The van der Waals surface area contributed by atoms with Crippen molar-refractivity contribution < 1.29 is 14.6 Å². The lowest BCUT2D eigenvalue weighted by Crippen LogP contribution is -2.26. The highest BCUT2D eigenvalue weighted by molar-refractivity contribution is 5.88. The summed E-state index contributed by atoms with van der Waals surface area (Å²) in [6, 6.07) is 13.1. The van der Waals surface area contributed by atoms with E-state index in [1.165, 1.54) is 0 Å². The van der Waals surface area contributed by atoms with Crippen LogP contribution in [0.5, 0.6) is 0 Å². The van der Waals surface area contributed by atoms with Gasteiger partial charge in [0.25, 0.3) is 0 Å². The zero-order valence-corrected chi connectivity index (χ0v) is 21.7. The van der Waals surface area contributed by atoms with E-state index in [0.717, 1.165) is 6.42 Å². The van der Waals surface area contributed by atoms with E-state index >= 15 is 0 Å². The van der Waals surface area contributed by atoms with Crippen LogP contribution in [0.4, 0.5) is 0 Å². The highest BCUT2D eigenvalue weighted by Gasteiger charge is 2.29. The van der Waals surface area contributed by atoms with Crippen molar-refractivity contribution in [2.45, 2.75) is 98.3 Å². The number of benzene rings is 1. The maximum absolute atomic E-state index is 11.5. The van der Waals surface area contributed by atoms with Crippen LogP contribution >= 0.6 is 0 Å². The van der Waals surface area contributed by atoms with Crippen LogP contribution in [0.1, 0.15) is 91.9 Å². The Hall–Kier alpha value is -2.77. The fourth-order valence-electron chi connectivity index (χ4n) is 2.86. The fraction of sp³-hybridized carbons (Fsp3) is 0.654. The molecule has 33 heavy (non-hydrogen) atoms. The number of rotatable bonds is 10. The molecule has 2 atom stereocenters. The molecular weight excluding hydrogens is 416 g/mol. The van der Waals surface area contributed by atoms with Gasteiger partial charge in [-0.3, -0.25) is 4.89 Å². The van der Waals surface area contributed by atoms with Crippen LogP contribution in [0.25, 0.3) is 0 Å². The lowest BCUT2D eigenvalue weighted by Gasteiger charge is -2.22. The van der Waals surface area contributed by atoms with Gasteiger partial charge in [-0.05, 0) is 70.9 Å². The first-order valence-electron chi connectivity index (χ1n) is 11.4. The van der Waals surface area contributed by atoms with E-state index in [-0.39, 0.29) is 0 Å². The van der Waals surface area contributed by atoms with Crippen molar-refractivity contribution in [3.8, 4) is 12.1 Å². The summed E-state index contributed by atoms with van der Waals surface area (Å²) < 4.78 is 0. The molecule has 0 aliphatic rings. The Morgan fingerprint density at radius 3 is 1.67 bits per heavy atom. The molecule has 0 N–H and O–H groups in total. The molecule has 0 heterocycles. The molecule has 0 saturated heterocycles. The largest absolute Gasteiger partial charge is 0.373 e. The zero-order valence-electron chi connectivity index (χ0n) is 21.7. The van der Waals surface area contributed by atoms with Crippen molar-refractivity contribution in [1.29, 1.82) is 10.5 Å². The van der Waals surface area contributed by atoms with E-state index in [2.05, 4.69) is 22.4 Å². The van der Waals surface area contributed by atoms with Gasteiger partial charge in [-0.1, -0.05) is 52.8 Å². The molecule has 7 heteroatoms. The first kappa shape index (κ1) is 30.2. The van der Waals surface area contributed by atoms with Crippen LogP contribution < -0.4 is 0 Å². The topological polar surface area (TPSA) is 108 Å². The quantitative estimate of drug-likeness (QED) is 0.213. The second kappa shape index (κ2) is 13.7. The van der Waals surface area contributed by atoms with Crippen molar-refractivity contribution >= 4 is 5.97 Å². The summed E-state index contributed by atoms with van der Waals surface area (Å²) in [4.78, 5) is 21.3. The summed E-state index contributed by atoms with van der Waals surface area (Å²) in [6.45, 7) is 17.4. The third kappa shape index (κ3) is 12.7. The Morgan fingerprint density at radius 2 is 1.33 bits per heavy atom. The van der Waals surface area contributed by atoms with Gasteiger partial charge >= 0.3 is 5.97 Å². The van der Waals surface area contributed by atoms with Gasteiger partial charge in [0.15, 0.2) is 11.1 Å². The number of azo groups is 1. The monoisotopic (exact) mass is 456 g/mol. The van der Waals surface area contributed by atoms with Gasteiger partial charge in [-0.15, -0.1) is 0 Å². The molecule has 0 bridgehead atoms. The number of nitrogens with zero attached hydrogens (tertiary/aromatic N) is 4. The van der Waals surface area contributed by atoms with E-state index in [1.807, 2.05) is 54.5 Å². The van der Waals surface area contributed by atoms with Crippen molar-refractivity contribution in [3.63, 3.8) is 0 Å². The number of carbonyl (C=O) groups excluding carboxylic acids is 1. The third-order valence-electron chi connectivity index (χ3n) is 4.79. The lowest BCUT2D eigenvalue weighted by atomic mass is 9.92. The molecule has 0 spiro atoms. The van der Waals surface area contributed by atoms with E-state index < -0.39 is 22.6 Å². The van der Waals surface area contributed by atoms with Gasteiger partial charge < -0.3 is 0 Å². The standard InChI is InChI=1S/C14H24N4.C12H16O3/c1-11(2)7-13(5,9-15)17-18-14(6,10-16)8-12(3)4;1-4-12(2,3)15-14-11(13)10-8-6-5-7-9-10/h11-12H,7-8H2,1-6H3;5-9H,4H2,1-3H3. The SMILES string of the molecule is CC(C)CC(C)(C#N)N=NC(C)(C#N)CC(C)C.CCC(C)(C)OOC(=O)c1ccccc1. The van der Waals surface area contributed by atoms with E-state index in [1.54, 1.807) is 38.1 Å². The summed E-state index contributed by atoms with van der Waals surface area (Å²) in [5.41, 5.74) is -1.61. The highest BCUT2D eigenvalue weighted by atomic mass is 17.2. The normalized spacial score (nSPS) is 15.1. The molecular formula is C26H40N4O3. The molecule has 0 aromatic heterocycles. The third-order valence-corrected chi connectivity index (χ3v) is 4.79. The molecule has 182 valence electrons. The highest BCUT2D eigenvalue weighted by Crippen LogP contribution is 2.26. The second-order valence-electron chi connectivity index (χ2n) is 10.1. The predicted octanol–water partition coefficient (Wildman–Crippen LogP) is 7.06. The summed E-state index contributed by atoms with van der Waals surface area (Å²) in [7, 11) is 0. The van der Waals surface area contributed by atoms with Crippen molar-refractivity contribution in [3.05, 3.63) is 35.9 Å². The molecule has 1 rings (SSSR count). The van der Waals surface area contributed by atoms with Gasteiger partial charge in [0.05, 0.1) is 17.7 Å². The maximum Gasteiger partial charge on any atom is 0.373 e. The minimum Gasteiger partial charge on any atom is -0.292 e. The molecule has 0 fully saturated rings. The molecule has 1 aromatic rings. The molecule has 2 unspecified atom stereocenters. The summed E-state index contributed by atoms with van der Waals surface area (Å²) in [5.74, 6) is 0.274. The fourth-order valence-corrected chi connectivity index (χ4v) is 2.86. The molecule has 0 aliphatic carbocycles. The van der Waals surface area contributed by atoms with Crippen LogP contribution in [-0.4, -0.2) is 22.6 Å². The van der Waals surface area contributed by atoms with Crippen LogP contribution in [0.3, 0.4) is 0 Å². The first-order chi connectivity index (χ1) is 15.2. The Balaban J connectivity index is 0.000000629. The Kier molecular flexibility index (Phi) is 12.6. The summed E-state index contributed by atoms with van der Waals surface area (Å²) in [5, 5.41) is 26.7. The van der Waals surface area contributed by atoms with Crippen molar-refractivity contribution in [1.82, 2.24) is 0 Å². The van der Waals surface area contributed by atoms with E-state index in [0.29, 0.717) is 30.2 Å². The van der Waals surface area contributed by atoms with Crippen LogP contribution in [-0.2, 0) is 9.78 Å². The van der Waals surface area contributed by atoms with E-state index in [9.17, 15) is 15.3 Å². The van der Waals surface area contributed by atoms with Crippen LogP contribution in [0.2, 0.25) is 0 Å². The molecule has 1 aromatic carbocycles. The maximum atomic E-state index is 11.5. The molecule has 0 amide bonds. The Bertz CT molecular complexity index is 801. The van der Waals surface area contributed by atoms with Crippen molar-refractivity contribution in [2.24, 2.45) is 22.1 Å². The van der Waals surface area contributed by atoms with Gasteiger partial charge in [-0.2, -0.15) is 25.6 Å². The zero-order chi connectivity index (χ0) is 25.7. The number of hydrogen-bond donors (Lipinski definition) is 0. The first-order valence-corrected chi connectivity index (χ1v) is 11.4.